The molecule has 5 nitrogen and oxygen atoms in total. The van der Waals surface area contributed by atoms with Gasteiger partial charge in [-0.2, -0.15) is 0 Å². The standard InChI is InChI=1S/C19H18O5S/c1-22-14-6-3-13(4-7-14)5-8-16(20)15-11-18-19(12-17(15)23-2)25(21)10-9-24-18/h3-8,11-12H,9-10H2,1-2H3. The number of methoxy groups -OCH3 is 2. The summed E-state index contributed by atoms with van der Waals surface area (Å²) < 4.78 is 28.0. The average Bonchev–Trinajstić information content (AvgIpc) is 2.66. The van der Waals surface area contributed by atoms with Crippen molar-refractivity contribution in [3.05, 3.63) is 53.6 Å². The minimum atomic E-state index is -1.13. The molecule has 2 aromatic carbocycles. The Morgan fingerprint density at radius 2 is 1.96 bits per heavy atom. The maximum atomic E-state index is 12.6. The Bertz CT molecular complexity index is 798. The molecule has 0 aliphatic carbocycles. The zero-order valence-corrected chi connectivity index (χ0v) is 14.8. The SMILES string of the molecule is COc1ccc(C=CC(=O)c2cc3c(cc2OC)[S+]([O-])CCO3)cc1. The first-order chi connectivity index (χ1) is 12.1. The number of ketones is 1. The van der Waals surface area contributed by atoms with E-state index in [2.05, 4.69) is 0 Å². The second-order valence-corrected chi connectivity index (χ2v) is 6.91. The third kappa shape index (κ3) is 3.81. The smallest absolute Gasteiger partial charge is 0.198 e. The lowest BCUT2D eigenvalue weighted by Crippen LogP contribution is -2.21. The summed E-state index contributed by atoms with van der Waals surface area (Å²) in [7, 11) is 3.09. The van der Waals surface area contributed by atoms with Crippen LogP contribution in [0.3, 0.4) is 0 Å². The van der Waals surface area contributed by atoms with Crippen LogP contribution in [-0.2, 0) is 11.2 Å². The van der Waals surface area contributed by atoms with Crippen molar-refractivity contribution in [2.24, 2.45) is 0 Å². The molecular weight excluding hydrogens is 340 g/mol. The lowest BCUT2D eigenvalue weighted by Gasteiger charge is -2.21. The van der Waals surface area contributed by atoms with Crippen LogP contribution in [0.2, 0.25) is 0 Å². The van der Waals surface area contributed by atoms with Gasteiger partial charge in [0.05, 0.1) is 19.8 Å². The number of rotatable bonds is 5. The van der Waals surface area contributed by atoms with Crippen molar-refractivity contribution in [1.29, 1.82) is 0 Å². The van der Waals surface area contributed by atoms with E-state index < -0.39 is 11.2 Å². The second kappa shape index (κ2) is 7.63. The monoisotopic (exact) mass is 358 g/mol. The van der Waals surface area contributed by atoms with Crippen molar-refractivity contribution < 1.29 is 23.6 Å². The highest BCUT2D eigenvalue weighted by Gasteiger charge is 2.27. The lowest BCUT2D eigenvalue weighted by atomic mass is 10.1. The van der Waals surface area contributed by atoms with Crippen LogP contribution in [0.4, 0.5) is 0 Å². The Morgan fingerprint density at radius 1 is 1.20 bits per heavy atom. The van der Waals surface area contributed by atoms with E-state index in [9.17, 15) is 9.35 Å². The Kier molecular flexibility index (Phi) is 5.31. The molecule has 0 saturated carbocycles. The molecule has 0 N–H and O–H groups in total. The number of benzene rings is 2. The van der Waals surface area contributed by atoms with Crippen LogP contribution in [0.15, 0.2) is 47.4 Å². The van der Waals surface area contributed by atoms with Crippen LogP contribution in [0.25, 0.3) is 6.08 Å². The topological polar surface area (TPSA) is 67.8 Å². The molecule has 0 fully saturated rings. The summed E-state index contributed by atoms with van der Waals surface area (Å²) in [4.78, 5) is 13.1. The first-order valence-electron chi connectivity index (χ1n) is 7.72. The summed E-state index contributed by atoms with van der Waals surface area (Å²) in [6.07, 6.45) is 3.20. The van der Waals surface area contributed by atoms with Gasteiger partial charge in [-0.15, -0.1) is 0 Å². The highest BCUT2D eigenvalue weighted by atomic mass is 32.2. The Hall–Kier alpha value is -2.44. The summed E-state index contributed by atoms with van der Waals surface area (Å²) in [5, 5.41) is 0. The summed E-state index contributed by atoms with van der Waals surface area (Å²) in [5.41, 5.74) is 1.26. The molecule has 2 aromatic rings. The molecule has 1 aliphatic heterocycles. The molecule has 1 unspecified atom stereocenters. The van der Waals surface area contributed by atoms with Crippen molar-refractivity contribution in [2.75, 3.05) is 26.6 Å². The molecule has 0 spiro atoms. The lowest BCUT2D eigenvalue weighted by molar-refractivity contribution is 0.104. The van der Waals surface area contributed by atoms with E-state index in [0.29, 0.717) is 34.3 Å². The minimum Gasteiger partial charge on any atom is -0.611 e. The molecule has 3 rings (SSSR count). The quantitative estimate of drug-likeness (QED) is 0.467. The van der Waals surface area contributed by atoms with Gasteiger partial charge in [0, 0.05) is 12.1 Å². The molecule has 130 valence electrons. The maximum Gasteiger partial charge on any atom is 0.198 e. The van der Waals surface area contributed by atoms with E-state index >= 15 is 0 Å². The average molecular weight is 358 g/mol. The van der Waals surface area contributed by atoms with E-state index in [0.717, 1.165) is 11.3 Å². The fourth-order valence-corrected chi connectivity index (χ4v) is 3.54. The third-order valence-electron chi connectivity index (χ3n) is 3.85. The van der Waals surface area contributed by atoms with Gasteiger partial charge in [-0.05, 0) is 34.9 Å². The van der Waals surface area contributed by atoms with Gasteiger partial charge in [0.1, 0.15) is 23.9 Å². The number of hydrogen-bond acceptors (Lipinski definition) is 5. The molecule has 0 radical (unpaired) electrons. The Labute approximate surface area is 149 Å². The minimum absolute atomic E-state index is 0.213. The molecule has 25 heavy (non-hydrogen) atoms. The number of fused-ring (bicyclic) bond motifs is 1. The number of ether oxygens (including phenoxy) is 3. The van der Waals surface area contributed by atoms with Gasteiger partial charge in [0.25, 0.3) is 0 Å². The summed E-state index contributed by atoms with van der Waals surface area (Å²) in [6, 6.07) is 10.6. The first-order valence-corrected chi connectivity index (χ1v) is 9.04. The van der Waals surface area contributed by atoms with Gasteiger partial charge >= 0.3 is 0 Å². The maximum absolute atomic E-state index is 12.6. The predicted octanol–water partition coefficient (Wildman–Crippen LogP) is 3.10. The normalized spacial score (nSPS) is 16.2. The molecule has 0 bridgehead atoms. The van der Waals surface area contributed by atoms with Crippen LogP contribution in [-0.4, -0.2) is 36.9 Å². The predicted molar refractivity (Wildman–Crippen MR) is 96.1 cm³/mol. The van der Waals surface area contributed by atoms with E-state index in [1.165, 1.54) is 13.2 Å². The Balaban J connectivity index is 1.86. The number of hydrogen-bond donors (Lipinski definition) is 0. The summed E-state index contributed by atoms with van der Waals surface area (Å²) in [6.45, 7) is 0.376. The molecule has 1 aliphatic rings. The number of carbonyl (C=O) groups excluding carboxylic acids is 1. The largest absolute Gasteiger partial charge is 0.611 e. The van der Waals surface area contributed by atoms with Crippen molar-refractivity contribution >= 4 is 23.0 Å². The van der Waals surface area contributed by atoms with E-state index in [1.807, 2.05) is 24.3 Å². The zero-order chi connectivity index (χ0) is 17.8. The van der Waals surface area contributed by atoms with Crippen LogP contribution in [0, 0.1) is 0 Å². The van der Waals surface area contributed by atoms with E-state index in [4.69, 9.17) is 14.2 Å². The molecule has 0 amide bonds. The van der Waals surface area contributed by atoms with Crippen molar-refractivity contribution in [1.82, 2.24) is 0 Å². The third-order valence-corrected chi connectivity index (χ3v) is 5.19. The van der Waals surface area contributed by atoms with E-state index in [1.54, 1.807) is 25.3 Å². The van der Waals surface area contributed by atoms with Crippen LogP contribution >= 0.6 is 0 Å². The summed E-state index contributed by atoms with van der Waals surface area (Å²) >= 11 is -1.13. The first kappa shape index (κ1) is 17.4. The van der Waals surface area contributed by atoms with Gasteiger partial charge in [0.2, 0.25) is 0 Å². The van der Waals surface area contributed by atoms with Crippen LogP contribution in [0.1, 0.15) is 15.9 Å². The van der Waals surface area contributed by atoms with Crippen LogP contribution < -0.4 is 14.2 Å². The number of allylic oxidation sites excluding steroid dienone is 1. The fraction of sp³-hybridized carbons (Fsp3) is 0.211. The molecular formula is C19H18O5S. The van der Waals surface area contributed by atoms with Crippen molar-refractivity contribution in [2.45, 2.75) is 4.90 Å². The molecule has 1 heterocycles. The van der Waals surface area contributed by atoms with Gasteiger partial charge in [-0.3, -0.25) is 4.79 Å². The highest BCUT2D eigenvalue weighted by molar-refractivity contribution is 7.91. The Morgan fingerprint density at radius 3 is 2.64 bits per heavy atom. The van der Waals surface area contributed by atoms with Gasteiger partial charge in [-0.25, -0.2) is 0 Å². The van der Waals surface area contributed by atoms with E-state index in [-0.39, 0.29) is 5.78 Å². The van der Waals surface area contributed by atoms with Crippen molar-refractivity contribution in [3.63, 3.8) is 0 Å². The second-order valence-electron chi connectivity index (χ2n) is 5.37. The molecule has 0 saturated heterocycles. The fourth-order valence-electron chi connectivity index (χ4n) is 2.51. The number of carbonyl (C=O) groups is 1. The van der Waals surface area contributed by atoms with Crippen LogP contribution in [0.5, 0.6) is 17.2 Å². The van der Waals surface area contributed by atoms with Gasteiger partial charge in [0.15, 0.2) is 16.4 Å². The molecule has 0 aromatic heterocycles. The summed E-state index contributed by atoms with van der Waals surface area (Å²) in [5.74, 6) is 1.86. The molecule has 6 heteroatoms. The van der Waals surface area contributed by atoms with Gasteiger partial charge in [-0.1, -0.05) is 18.2 Å². The van der Waals surface area contributed by atoms with Crippen molar-refractivity contribution in [3.8, 4) is 17.2 Å². The zero-order valence-electron chi connectivity index (χ0n) is 14.0. The molecule has 1 atom stereocenters. The highest BCUT2D eigenvalue weighted by Crippen LogP contribution is 2.35. The van der Waals surface area contributed by atoms with Gasteiger partial charge < -0.3 is 18.8 Å².